The fourth-order valence-electron chi connectivity index (χ4n) is 17.0. The average Bonchev–Trinajstić information content (AvgIpc) is 0.855. The topological polar surface area (TPSA) is 30.7 Å². The monoisotopic (exact) mass is 1310 g/mol. The fraction of sp³-hybridized carbons (Fsp3) is 0.0204. The number of rotatable bonds is 9. The quantitative estimate of drug-likeness (QED) is 0.135. The van der Waals surface area contributed by atoms with E-state index >= 15 is 0 Å². The average molecular weight is 1310 g/mol. The molecule has 21 rings (SSSR count). The van der Waals surface area contributed by atoms with Gasteiger partial charge in [0.25, 0.3) is 0 Å². The lowest BCUT2D eigenvalue weighted by molar-refractivity contribution is 0.650. The number of allylic oxidation sites excluding steroid dienone is 5. The highest BCUT2D eigenvalue weighted by molar-refractivity contribution is 7.26. The van der Waals surface area contributed by atoms with Gasteiger partial charge in [-0.1, -0.05) is 273 Å². The molecule has 0 amide bonds. The summed E-state index contributed by atoms with van der Waals surface area (Å²) in [6.45, 7) is 0. The molecule has 19 aromatic rings. The number of hydrogen-bond acceptors (Lipinski definition) is 3. The van der Waals surface area contributed by atoms with Crippen LogP contribution in [0.5, 0.6) is 0 Å². The molecular weight excluding hydrogens is 1250 g/mol. The Kier molecular flexibility index (Phi) is 13.3. The molecule has 2 aliphatic rings. The summed E-state index contributed by atoms with van der Waals surface area (Å²) in [5, 5.41) is 17.2. The zero-order valence-corrected chi connectivity index (χ0v) is 56.3. The largest absolute Gasteiger partial charge is 0.292 e. The molecule has 3 heterocycles. The molecule has 0 spiro atoms. The predicted octanol–water partition coefficient (Wildman–Crippen LogP) is 26.3. The molecular formula is C98H61N3S. The van der Waals surface area contributed by atoms with Crippen LogP contribution in [0.1, 0.15) is 33.7 Å². The number of nitrogens with zero attached hydrogens (tertiary/aromatic N) is 3. The van der Waals surface area contributed by atoms with Crippen LogP contribution in [0.25, 0.3) is 169 Å². The normalized spacial score (nSPS) is 14.5. The number of para-hydroxylation sites is 3. The van der Waals surface area contributed by atoms with E-state index in [1.54, 1.807) is 0 Å². The van der Waals surface area contributed by atoms with Gasteiger partial charge in [-0.3, -0.25) is 9.55 Å². The second kappa shape index (κ2) is 23.4. The maximum Gasteiger partial charge on any atom is 0.145 e. The number of fused-ring (bicyclic) bond motifs is 12. The third-order valence-corrected chi connectivity index (χ3v) is 23.0. The second-order valence-electron chi connectivity index (χ2n) is 27.5. The molecule has 0 aliphatic heterocycles. The van der Waals surface area contributed by atoms with Crippen molar-refractivity contribution >= 4 is 118 Å². The molecule has 3 nitrogen and oxygen atoms in total. The lowest BCUT2D eigenvalue weighted by Crippen LogP contribution is -2.23. The summed E-state index contributed by atoms with van der Waals surface area (Å²) < 4.78 is 4.70. The van der Waals surface area contributed by atoms with Crippen molar-refractivity contribution in [3.05, 3.63) is 391 Å². The molecule has 16 aromatic carbocycles. The van der Waals surface area contributed by atoms with E-state index in [0.29, 0.717) is 0 Å². The van der Waals surface area contributed by atoms with E-state index in [4.69, 9.17) is 9.97 Å². The van der Waals surface area contributed by atoms with Gasteiger partial charge in [0.2, 0.25) is 0 Å². The summed E-state index contributed by atoms with van der Waals surface area (Å²) in [5.74, 6) is 0.961. The van der Waals surface area contributed by atoms with Crippen molar-refractivity contribution in [2.75, 3.05) is 0 Å². The third kappa shape index (κ3) is 9.48. The molecule has 3 aromatic heterocycles. The van der Waals surface area contributed by atoms with Gasteiger partial charge >= 0.3 is 0 Å². The van der Waals surface area contributed by atoms with Crippen LogP contribution in [-0.2, 0) is 0 Å². The van der Waals surface area contributed by atoms with Gasteiger partial charge in [0.1, 0.15) is 5.82 Å². The van der Waals surface area contributed by atoms with Crippen LogP contribution in [0.15, 0.2) is 364 Å². The Labute approximate surface area is 593 Å². The van der Waals surface area contributed by atoms with Gasteiger partial charge in [0, 0.05) is 50.3 Å². The van der Waals surface area contributed by atoms with Crippen LogP contribution in [0.3, 0.4) is 0 Å². The van der Waals surface area contributed by atoms with Crippen LogP contribution in [0.4, 0.5) is 0 Å². The number of pyridine rings is 1. The highest BCUT2D eigenvalue weighted by Crippen LogP contribution is 2.54. The molecule has 474 valence electrons. The summed E-state index contributed by atoms with van der Waals surface area (Å²) in [6.07, 6.45) is 9.41. The van der Waals surface area contributed by atoms with Crippen LogP contribution in [0, 0.1) is 5.92 Å². The van der Waals surface area contributed by atoms with Gasteiger partial charge in [-0.2, -0.15) is 0 Å². The maximum absolute atomic E-state index is 5.32. The predicted molar refractivity (Wildman–Crippen MR) is 432 cm³/mol. The molecule has 2 atom stereocenters. The highest BCUT2D eigenvalue weighted by Gasteiger charge is 2.37. The summed E-state index contributed by atoms with van der Waals surface area (Å²) >= 11 is 1.84. The molecule has 0 fully saturated rings. The van der Waals surface area contributed by atoms with Gasteiger partial charge in [-0.15, -0.1) is 11.3 Å². The van der Waals surface area contributed by atoms with Crippen molar-refractivity contribution in [1.82, 2.24) is 14.5 Å². The Morgan fingerprint density at radius 1 is 0.353 bits per heavy atom. The Hall–Kier alpha value is -12.9. The van der Waals surface area contributed by atoms with Crippen LogP contribution < -0.4 is 0 Å². The van der Waals surface area contributed by atoms with E-state index in [1.807, 2.05) is 17.5 Å². The summed E-state index contributed by atoms with van der Waals surface area (Å²) in [4.78, 5) is 10.5. The van der Waals surface area contributed by atoms with Crippen molar-refractivity contribution < 1.29 is 0 Å². The second-order valence-corrected chi connectivity index (χ2v) is 28.5. The van der Waals surface area contributed by atoms with Gasteiger partial charge in [0.15, 0.2) is 0 Å². The van der Waals surface area contributed by atoms with E-state index in [2.05, 4.69) is 356 Å². The first-order valence-electron chi connectivity index (χ1n) is 35.2. The zero-order valence-electron chi connectivity index (χ0n) is 55.5. The zero-order chi connectivity index (χ0) is 66.9. The van der Waals surface area contributed by atoms with Crippen LogP contribution in [-0.4, -0.2) is 14.5 Å². The van der Waals surface area contributed by atoms with E-state index in [0.717, 1.165) is 44.9 Å². The molecule has 0 saturated heterocycles. The number of aromatic nitrogens is 3. The lowest BCUT2D eigenvalue weighted by atomic mass is 9.65. The van der Waals surface area contributed by atoms with E-state index in [1.165, 1.54) is 157 Å². The van der Waals surface area contributed by atoms with Crippen molar-refractivity contribution in [2.24, 2.45) is 5.92 Å². The Morgan fingerprint density at radius 2 is 0.882 bits per heavy atom. The number of imidazole rings is 1. The highest BCUT2D eigenvalue weighted by atomic mass is 32.1. The number of hydrogen-bond donors (Lipinski definition) is 0. The van der Waals surface area contributed by atoms with E-state index in [-0.39, 0.29) is 11.8 Å². The van der Waals surface area contributed by atoms with Crippen molar-refractivity contribution in [1.29, 1.82) is 0 Å². The van der Waals surface area contributed by atoms with Gasteiger partial charge in [-0.05, 0) is 221 Å². The molecule has 0 saturated carbocycles. The summed E-state index contributed by atoms with van der Waals surface area (Å²) in [6, 6.07) is 124. The number of thiophene rings is 1. The summed E-state index contributed by atoms with van der Waals surface area (Å²) in [7, 11) is 0. The third-order valence-electron chi connectivity index (χ3n) is 21.8. The van der Waals surface area contributed by atoms with Gasteiger partial charge < -0.3 is 0 Å². The van der Waals surface area contributed by atoms with E-state index < -0.39 is 0 Å². The first kappa shape index (κ1) is 58.1. The van der Waals surface area contributed by atoms with Gasteiger partial charge in [-0.25, -0.2) is 4.98 Å². The Bertz CT molecular complexity index is 6820. The Morgan fingerprint density at radius 3 is 1.59 bits per heavy atom. The number of benzene rings is 16. The fourth-order valence-corrected chi connectivity index (χ4v) is 18.1. The first-order valence-corrected chi connectivity index (χ1v) is 36.0. The van der Waals surface area contributed by atoms with Crippen LogP contribution >= 0.6 is 11.3 Å². The van der Waals surface area contributed by atoms with Crippen molar-refractivity contribution in [2.45, 2.75) is 5.92 Å². The van der Waals surface area contributed by atoms with Crippen molar-refractivity contribution in [3.8, 4) is 61.7 Å². The van der Waals surface area contributed by atoms with Crippen molar-refractivity contribution in [3.63, 3.8) is 0 Å². The minimum absolute atomic E-state index is 0.0101. The maximum atomic E-state index is 5.32. The molecule has 4 heteroatoms. The Balaban J connectivity index is 0.714. The molecule has 2 aliphatic carbocycles. The minimum atomic E-state index is 0.0101. The minimum Gasteiger partial charge on any atom is -0.292 e. The molecule has 0 bridgehead atoms. The summed E-state index contributed by atoms with van der Waals surface area (Å²) in [5.41, 5.74) is 23.6. The molecule has 0 radical (unpaired) electrons. The standard InChI is InChI=1S/C98H61N3S/c1-2-24-78(25-3-1)101-90-29-15-14-28-89(90)100-98(101)65-36-30-64(31-37-65)70-42-46-82-86(57-70)94(75-40-34-62-18-6-10-22-68(62)54-75)83-47-43-71(58-87(83)95(82)76-41-35-63-19-7-11-23-69(63)55-76)72-45-49-91-85(56-72)84-50-51-99-96(97(84)102-91)77-44-48-81-88(59-77)93(74-39-33-61-17-5-9-21-67(61)53-74)80-27-13-12-26-79(80)92(81)73-38-32-60-16-4-8-20-66(60)52-73/h1-59,82,95H. The smallest absolute Gasteiger partial charge is 0.145 e. The van der Waals surface area contributed by atoms with Crippen LogP contribution in [0.2, 0.25) is 0 Å². The molecule has 102 heavy (non-hydrogen) atoms. The first-order chi connectivity index (χ1) is 50.5. The SMILES string of the molecule is C1=CC2C(=C(c3ccc4ccccc4c3)c3ccc(-c4ccc5sc6c(-c7ccc8c(-c9ccc%10ccccc%10c9)c9ccccc9c(-c9ccc%10ccccc%10c9)c8c7)nccc6c5c4)cc3C2c2ccc3ccccc3c2)C=C1c1ccc(-c2nc3ccccc3n2-c2ccccc2)cc1. The molecule has 2 unspecified atom stereocenters. The van der Waals surface area contributed by atoms with Gasteiger partial charge in [0.05, 0.1) is 21.4 Å². The lowest BCUT2D eigenvalue weighted by Gasteiger charge is -2.38. The molecule has 0 N–H and O–H groups in total. The van der Waals surface area contributed by atoms with E-state index in [9.17, 15) is 0 Å².